The van der Waals surface area contributed by atoms with E-state index in [1.54, 1.807) is 0 Å². The van der Waals surface area contributed by atoms with E-state index >= 15 is 0 Å². The smallest absolute Gasteiger partial charge is 0.134 e. The van der Waals surface area contributed by atoms with Gasteiger partial charge in [-0.15, -0.1) is 0 Å². The highest BCUT2D eigenvalue weighted by atomic mass is 15.0. The molecule has 1 heterocycles. The number of fused-ring (bicyclic) bond motifs is 5. The molecule has 1 unspecified atom stereocenters. The Hall–Kier alpha value is -5.99. The Morgan fingerprint density at radius 1 is 0.531 bits per heavy atom. The molecule has 2 nitrogen and oxygen atoms in total. The summed E-state index contributed by atoms with van der Waals surface area (Å²) in [6.45, 7) is 4.78. The van der Waals surface area contributed by atoms with E-state index in [1.807, 2.05) is 6.07 Å². The molecule has 9 rings (SSSR count). The number of nitrogens with one attached hydrogen (secondary N) is 1. The lowest BCUT2D eigenvalue weighted by Gasteiger charge is -2.25. The Kier molecular flexibility index (Phi) is 6.91. The van der Waals surface area contributed by atoms with Crippen LogP contribution in [0.4, 0.5) is 0 Å². The Bertz CT molecular complexity index is 2420. The predicted octanol–water partition coefficient (Wildman–Crippen LogP) is 11.6. The fourth-order valence-corrected chi connectivity index (χ4v) is 7.85. The molecule has 1 N–H and O–H groups in total. The molecule has 2 heteroatoms. The van der Waals surface area contributed by atoms with Gasteiger partial charge < -0.3 is 5.32 Å². The standard InChI is InChI=1S/C47H36N2/c1-47(2)41-29-35(25-26-39(41)44-40(31-15-6-3-7-16-31)28-36-21-12-13-24-38(36)45(44)47)34-22-14-23-37(27-34)43-30-42(32-17-8-4-9-18-32)48-46(49-43)33-19-10-5-11-20-33/h3-30,42H,1-2H3,(H,48,49). The van der Waals surface area contributed by atoms with E-state index in [0.29, 0.717) is 0 Å². The van der Waals surface area contributed by atoms with Crippen molar-refractivity contribution in [2.24, 2.45) is 4.99 Å². The van der Waals surface area contributed by atoms with Crippen LogP contribution < -0.4 is 5.32 Å². The first-order valence-electron chi connectivity index (χ1n) is 17.1. The van der Waals surface area contributed by atoms with Gasteiger partial charge in [0.2, 0.25) is 0 Å². The molecule has 0 fully saturated rings. The summed E-state index contributed by atoms with van der Waals surface area (Å²) in [5.41, 5.74) is 14.6. The summed E-state index contributed by atoms with van der Waals surface area (Å²) in [7, 11) is 0. The monoisotopic (exact) mass is 628 g/mol. The van der Waals surface area contributed by atoms with E-state index in [1.165, 1.54) is 60.8 Å². The number of hydrogen-bond donors (Lipinski definition) is 1. The second-order valence-electron chi connectivity index (χ2n) is 13.6. The molecule has 0 aromatic heterocycles. The van der Waals surface area contributed by atoms with Crippen LogP contribution in [0.15, 0.2) is 175 Å². The van der Waals surface area contributed by atoms with Crippen molar-refractivity contribution < 1.29 is 0 Å². The predicted molar refractivity (Wildman–Crippen MR) is 206 cm³/mol. The SMILES string of the molecule is CC1(C)c2cc(-c3cccc(C4=CC(c5ccccc5)NC(c5ccccc5)=N4)c3)ccc2-c2c(-c3ccccc3)cc3ccccc3c21. The first-order valence-corrected chi connectivity index (χ1v) is 17.1. The molecule has 7 aromatic rings. The number of amidine groups is 1. The normalized spacial score (nSPS) is 15.9. The molecule has 1 atom stereocenters. The van der Waals surface area contributed by atoms with Crippen LogP contribution in [-0.4, -0.2) is 5.84 Å². The molecule has 49 heavy (non-hydrogen) atoms. The lowest BCUT2D eigenvalue weighted by Crippen LogP contribution is -2.31. The van der Waals surface area contributed by atoms with Gasteiger partial charge in [0.05, 0.1) is 11.7 Å². The zero-order valence-corrected chi connectivity index (χ0v) is 27.7. The molecule has 2 aliphatic rings. The van der Waals surface area contributed by atoms with Crippen LogP contribution in [0.5, 0.6) is 0 Å². The molecule has 1 aliphatic heterocycles. The van der Waals surface area contributed by atoms with Crippen molar-refractivity contribution in [2.75, 3.05) is 0 Å². The van der Waals surface area contributed by atoms with E-state index < -0.39 is 0 Å². The van der Waals surface area contributed by atoms with Gasteiger partial charge in [-0.1, -0.05) is 159 Å². The van der Waals surface area contributed by atoms with Crippen LogP contribution in [0.3, 0.4) is 0 Å². The van der Waals surface area contributed by atoms with Gasteiger partial charge in [0, 0.05) is 16.5 Å². The molecule has 0 saturated heterocycles. The van der Waals surface area contributed by atoms with Gasteiger partial charge in [0.25, 0.3) is 0 Å². The van der Waals surface area contributed by atoms with Crippen LogP contribution in [-0.2, 0) is 5.41 Å². The highest BCUT2D eigenvalue weighted by Crippen LogP contribution is 2.55. The number of aliphatic imine (C=N–C) groups is 1. The third-order valence-corrected chi connectivity index (χ3v) is 10.3. The largest absolute Gasteiger partial charge is 0.359 e. The third-order valence-electron chi connectivity index (χ3n) is 10.3. The summed E-state index contributed by atoms with van der Waals surface area (Å²) in [5.74, 6) is 0.885. The zero-order valence-electron chi connectivity index (χ0n) is 27.7. The highest BCUT2D eigenvalue weighted by Gasteiger charge is 2.39. The van der Waals surface area contributed by atoms with Crippen molar-refractivity contribution in [1.29, 1.82) is 0 Å². The highest BCUT2D eigenvalue weighted by molar-refractivity contribution is 6.05. The summed E-state index contributed by atoms with van der Waals surface area (Å²) in [6, 6.07) is 59.1. The molecule has 0 radical (unpaired) electrons. The average Bonchev–Trinajstić information content (AvgIpc) is 3.41. The molecular formula is C47H36N2. The molecule has 7 aromatic carbocycles. The fraction of sp³-hybridized carbons (Fsp3) is 0.0851. The minimum Gasteiger partial charge on any atom is -0.359 e. The number of hydrogen-bond acceptors (Lipinski definition) is 2. The number of nitrogens with zero attached hydrogens (tertiary/aromatic N) is 1. The van der Waals surface area contributed by atoms with Gasteiger partial charge in [0.1, 0.15) is 5.84 Å². The second-order valence-corrected chi connectivity index (χ2v) is 13.6. The van der Waals surface area contributed by atoms with Gasteiger partial charge in [-0.05, 0) is 85.1 Å². The van der Waals surface area contributed by atoms with E-state index in [0.717, 1.165) is 22.7 Å². The van der Waals surface area contributed by atoms with Crippen molar-refractivity contribution >= 4 is 22.3 Å². The Morgan fingerprint density at radius 2 is 1.16 bits per heavy atom. The van der Waals surface area contributed by atoms with Crippen LogP contribution in [0, 0.1) is 0 Å². The van der Waals surface area contributed by atoms with E-state index in [4.69, 9.17) is 4.99 Å². The van der Waals surface area contributed by atoms with Crippen molar-refractivity contribution in [3.8, 4) is 33.4 Å². The van der Waals surface area contributed by atoms with Crippen molar-refractivity contribution in [2.45, 2.75) is 25.3 Å². The van der Waals surface area contributed by atoms with Crippen molar-refractivity contribution in [3.63, 3.8) is 0 Å². The first kappa shape index (κ1) is 29.2. The first-order chi connectivity index (χ1) is 24.0. The Morgan fingerprint density at radius 3 is 1.94 bits per heavy atom. The molecule has 0 spiro atoms. The van der Waals surface area contributed by atoms with Gasteiger partial charge in [-0.25, -0.2) is 4.99 Å². The molecule has 0 saturated carbocycles. The number of benzene rings is 7. The lowest BCUT2D eigenvalue weighted by atomic mass is 9.78. The quantitative estimate of drug-likeness (QED) is 0.201. The van der Waals surface area contributed by atoms with Crippen molar-refractivity contribution in [1.82, 2.24) is 5.32 Å². The maximum atomic E-state index is 5.17. The van der Waals surface area contributed by atoms with E-state index in [-0.39, 0.29) is 11.5 Å². The zero-order chi connectivity index (χ0) is 33.0. The molecule has 1 aliphatic carbocycles. The summed E-state index contributed by atoms with van der Waals surface area (Å²) < 4.78 is 0. The van der Waals surface area contributed by atoms with Gasteiger partial charge in [-0.3, -0.25) is 0 Å². The van der Waals surface area contributed by atoms with E-state index in [2.05, 4.69) is 183 Å². The minimum absolute atomic E-state index is 0.0143. The number of rotatable bonds is 5. The van der Waals surface area contributed by atoms with Gasteiger partial charge in [0.15, 0.2) is 0 Å². The maximum absolute atomic E-state index is 5.17. The fourth-order valence-electron chi connectivity index (χ4n) is 7.85. The van der Waals surface area contributed by atoms with Crippen LogP contribution in [0.25, 0.3) is 49.9 Å². The van der Waals surface area contributed by atoms with Crippen LogP contribution in [0.2, 0.25) is 0 Å². The van der Waals surface area contributed by atoms with Crippen LogP contribution in [0.1, 0.15) is 47.7 Å². The minimum atomic E-state index is -0.169. The van der Waals surface area contributed by atoms with Crippen molar-refractivity contribution in [3.05, 3.63) is 198 Å². The van der Waals surface area contributed by atoms with Crippen LogP contribution >= 0.6 is 0 Å². The topological polar surface area (TPSA) is 24.4 Å². The molecular weight excluding hydrogens is 593 g/mol. The van der Waals surface area contributed by atoms with E-state index in [9.17, 15) is 0 Å². The second kappa shape index (κ2) is 11.6. The molecule has 0 bridgehead atoms. The Labute approximate surface area is 288 Å². The summed E-state index contributed by atoms with van der Waals surface area (Å²) in [5, 5.41) is 6.30. The molecule has 234 valence electrons. The van der Waals surface area contributed by atoms with Gasteiger partial charge in [-0.2, -0.15) is 0 Å². The Balaban J connectivity index is 1.16. The van der Waals surface area contributed by atoms with Gasteiger partial charge >= 0.3 is 0 Å². The third kappa shape index (κ3) is 5.00. The lowest BCUT2D eigenvalue weighted by molar-refractivity contribution is 0.666. The average molecular weight is 629 g/mol. The molecule has 0 amide bonds. The maximum Gasteiger partial charge on any atom is 0.134 e. The summed E-state index contributed by atoms with van der Waals surface area (Å²) in [6.07, 6.45) is 2.25. The summed E-state index contributed by atoms with van der Waals surface area (Å²) in [4.78, 5) is 5.17. The summed E-state index contributed by atoms with van der Waals surface area (Å²) >= 11 is 0.